The van der Waals surface area contributed by atoms with Crippen LogP contribution in [-0.4, -0.2) is 77.0 Å². The summed E-state index contributed by atoms with van der Waals surface area (Å²) in [6.45, 7) is 3.12. The Balaban J connectivity index is 2.70. The normalized spacial score (nSPS) is 14.3. The molecule has 10 nitrogen and oxygen atoms in total. The van der Waals surface area contributed by atoms with Gasteiger partial charge in [-0.1, -0.05) is 13.0 Å². The molecule has 0 saturated carbocycles. The van der Waals surface area contributed by atoms with Crippen LogP contribution in [0.4, 0.5) is 0 Å². The molecule has 2 atom stereocenters. The number of ether oxygens (including phenoxy) is 6. The van der Waals surface area contributed by atoms with Crippen LogP contribution in [0.15, 0.2) is 18.2 Å². The summed E-state index contributed by atoms with van der Waals surface area (Å²) in [5, 5.41) is 10.4. The number of aliphatic hydroxyl groups excluding tert-OH is 1. The average Bonchev–Trinajstić information content (AvgIpc) is 2.74. The molecule has 0 spiro atoms. The smallest absolute Gasteiger partial charge is 0.327 e. The van der Waals surface area contributed by atoms with Crippen molar-refractivity contribution in [3.05, 3.63) is 23.8 Å². The van der Waals surface area contributed by atoms with E-state index in [-0.39, 0.29) is 32.8 Å². The van der Waals surface area contributed by atoms with E-state index in [9.17, 15) is 14.6 Å². The van der Waals surface area contributed by atoms with Crippen LogP contribution in [0.1, 0.15) is 25.0 Å². The molecular formula is C19H33O10P. The molecule has 1 rings (SSSR count). The summed E-state index contributed by atoms with van der Waals surface area (Å²) in [5.41, 5.74) is 0.544. The maximum Gasteiger partial charge on any atom is 0.327 e. The van der Waals surface area contributed by atoms with Gasteiger partial charge in [-0.3, -0.25) is 4.57 Å². The zero-order valence-electron chi connectivity index (χ0n) is 17.8. The Morgan fingerprint density at radius 1 is 0.933 bits per heavy atom. The van der Waals surface area contributed by atoms with Crippen LogP contribution in [0.2, 0.25) is 0 Å². The second-order valence-electron chi connectivity index (χ2n) is 6.12. The molecule has 0 aliphatic rings. The molecule has 0 bridgehead atoms. The van der Waals surface area contributed by atoms with Gasteiger partial charge < -0.3 is 42.9 Å². The number of benzene rings is 1. The first-order valence-corrected chi connectivity index (χ1v) is 11.4. The van der Waals surface area contributed by atoms with Crippen LogP contribution in [0, 0.1) is 0 Å². The van der Waals surface area contributed by atoms with Crippen molar-refractivity contribution >= 4 is 7.60 Å². The molecule has 1 aromatic rings. The molecule has 0 radical (unpaired) electrons. The van der Waals surface area contributed by atoms with Gasteiger partial charge in [0.2, 0.25) is 0 Å². The van der Waals surface area contributed by atoms with Gasteiger partial charge in [0, 0.05) is 26.8 Å². The lowest BCUT2D eigenvalue weighted by Crippen LogP contribution is -2.11. The van der Waals surface area contributed by atoms with Crippen LogP contribution in [0.3, 0.4) is 0 Å². The Kier molecular flexibility index (Phi) is 13.9. The number of rotatable bonds is 18. The monoisotopic (exact) mass is 452 g/mol. The topological polar surface area (TPSA) is 122 Å². The van der Waals surface area contributed by atoms with E-state index in [1.165, 1.54) is 0 Å². The fourth-order valence-corrected chi connectivity index (χ4v) is 2.71. The number of hydrogen-bond donors (Lipinski definition) is 2. The predicted octanol–water partition coefficient (Wildman–Crippen LogP) is 2.33. The standard InChI is InChI=1S/C19H33O10P/c1-4-30(21,22)29-8-7-17(20)16-5-6-18(27-14-25-11-9-23-2)19(13-16)28-15-26-12-10-24-3/h5-6,13,17,20H,4,7-12,14-15H2,1-3H3,(H,21,22). The molecule has 30 heavy (non-hydrogen) atoms. The molecule has 0 aromatic heterocycles. The maximum absolute atomic E-state index is 11.5. The fourth-order valence-electron chi connectivity index (χ4n) is 2.14. The first kappa shape index (κ1) is 26.8. The van der Waals surface area contributed by atoms with E-state index in [0.29, 0.717) is 43.5 Å². The Labute approximate surface area is 177 Å². The van der Waals surface area contributed by atoms with Crippen molar-refractivity contribution < 1.29 is 47.5 Å². The van der Waals surface area contributed by atoms with E-state index in [1.807, 2.05) is 0 Å². The van der Waals surface area contributed by atoms with E-state index < -0.39 is 13.7 Å². The number of aliphatic hydroxyl groups is 1. The van der Waals surface area contributed by atoms with Crippen LogP contribution < -0.4 is 9.47 Å². The largest absolute Gasteiger partial charge is 0.464 e. The van der Waals surface area contributed by atoms with Gasteiger partial charge in [-0.2, -0.15) is 0 Å². The number of hydrogen-bond acceptors (Lipinski definition) is 9. The second-order valence-corrected chi connectivity index (χ2v) is 8.29. The third kappa shape index (κ3) is 11.2. The van der Waals surface area contributed by atoms with Gasteiger partial charge >= 0.3 is 7.60 Å². The third-order valence-corrected chi connectivity index (χ3v) is 5.28. The summed E-state index contributed by atoms with van der Waals surface area (Å²) >= 11 is 0. The van der Waals surface area contributed by atoms with Crippen molar-refractivity contribution in [2.75, 3.05) is 67.0 Å². The minimum Gasteiger partial charge on any atom is -0.464 e. The average molecular weight is 452 g/mol. The SMILES string of the molecule is CCP(=O)(O)OCCC(O)c1ccc(OCOCCOC)c(OCOCCOC)c1. The van der Waals surface area contributed by atoms with Crippen LogP contribution in [0.25, 0.3) is 0 Å². The highest BCUT2D eigenvalue weighted by molar-refractivity contribution is 7.52. The Morgan fingerprint density at radius 2 is 1.53 bits per heavy atom. The minimum absolute atomic E-state index is 0.00277. The third-order valence-electron chi connectivity index (χ3n) is 3.90. The summed E-state index contributed by atoms with van der Waals surface area (Å²) < 4.78 is 48.1. The zero-order valence-corrected chi connectivity index (χ0v) is 18.7. The first-order chi connectivity index (χ1) is 14.4. The summed E-state index contributed by atoms with van der Waals surface area (Å²) in [5.74, 6) is 0.780. The number of methoxy groups -OCH3 is 2. The van der Waals surface area contributed by atoms with E-state index in [0.717, 1.165) is 0 Å². The van der Waals surface area contributed by atoms with Gasteiger partial charge in [0.15, 0.2) is 25.1 Å². The van der Waals surface area contributed by atoms with Crippen molar-refractivity contribution in [3.63, 3.8) is 0 Å². The predicted molar refractivity (Wildman–Crippen MR) is 109 cm³/mol. The van der Waals surface area contributed by atoms with Crippen LogP contribution in [0.5, 0.6) is 11.5 Å². The Morgan fingerprint density at radius 3 is 2.10 bits per heavy atom. The van der Waals surface area contributed by atoms with Crippen molar-refractivity contribution in [3.8, 4) is 11.5 Å². The molecule has 11 heteroatoms. The van der Waals surface area contributed by atoms with Crippen molar-refractivity contribution in [1.82, 2.24) is 0 Å². The molecule has 174 valence electrons. The molecule has 1 aromatic carbocycles. The molecule has 0 fully saturated rings. The van der Waals surface area contributed by atoms with Gasteiger partial charge in [0.1, 0.15) is 0 Å². The summed E-state index contributed by atoms with van der Waals surface area (Å²) in [6, 6.07) is 4.94. The maximum atomic E-state index is 11.5. The lowest BCUT2D eigenvalue weighted by atomic mass is 10.1. The molecule has 0 amide bonds. The highest BCUT2D eigenvalue weighted by atomic mass is 31.2. The molecule has 2 N–H and O–H groups in total. The summed E-state index contributed by atoms with van der Waals surface area (Å²) in [7, 11) is -0.435. The zero-order chi connectivity index (χ0) is 22.2. The lowest BCUT2D eigenvalue weighted by Gasteiger charge is -2.17. The van der Waals surface area contributed by atoms with Crippen molar-refractivity contribution in [2.24, 2.45) is 0 Å². The van der Waals surface area contributed by atoms with E-state index >= 15 is 0 Å². The van der Waals surface area contributed by atoms with Gasteiger partial charge in [0.25, 0.3) is 0 Å². The van der Waals surface area contributed by atoms with Crippen LogP contribution in [-0.2, 0) is 28.0 Å². The first-order valence-electron chi connectivity index (χ1n) is 9.60. The van der Waals surface area contributed by atoms with Gasteiger partial charge in [0.05, 0.1) is 39.1 Å². The molecule has 0 saturated heterocycles. The van der Waals surface area contributed by atoms with Crippen LogP contribution >= 0.6 is 7.60 Å². The highest BCUT2D eigenvalue weighted by Gasteiger charge is 2.18. The molecular weight excluding hydrogens is 419 g/mol. The summed E-state index contributed by atoms with van der Waals surface area (Å²) in [4.78, 5) is 9.45. The molecule has 0 aliphatic heterocycles. The second kappa shape index (κ2) is 15.6. The van der Waals surface area contributed by atoms with E-state index in [2.05, 4.69) is 0 Å². The van der Waals surface area contributed by atoms with Crippen molar-refractivity contribution in [2.45, 2.75) is 19.4 Å². The van der Waals surface area contributed by atoms with E-state index in [4.69, 9.17) is 32.9 Å². The molecule has 2 unspecified atom stereocenters. The lowest BCUT2D eigenvalue weighted by molar-refractivity contribution is -0.0208. The van der Waals surface area contributed by atoms with Crippen molar-refractivity contribution in [1.29, 1.82) is 0 Å². The fraction of sp³-hybridized carbons (Fsp3) is 0.684. The van der Waals surface area contributed by atoms with Gasteiger partial charge in [-0.25, -0.2) is 0 Å². The van der Waals surface area contributed by atoms with Gasteiger partial charge in [-0.15, -0.1) is 0 Å². The summed E-state index contributed by atoms with van der Waals surface area (Å²) in [6.07, 6.45) is -0.747. The Hall–Kier alpha value is -1.23. The minimum atomic E-state index is -3.59. The molecule has 0 heterocycles. The Bertz CT molecular complexity index is 627. The quantitative estimate of drug-likeness (QED) is 0.195. The highest BCUT2D eigenvalue weighted by Crippen LogP contribution is 2.41. The molecule has 0 aliphatic carbocycles. The van der Waals surface area contributed by atoms with Gasteiger partial charge in [-0.05, 0) is 17.7 Å². The van der Waals surface area contributed by atoms with E-state index in [1.54, 1.807) is 39.3 Å².